The van der Waals surface area contributed by atoms with Crippen molar-refractivity contribution in [3.8, 4) is 0 Å². The van der Waals surface area contributed by atoms with Crippen LogP contribution < -0.4 is 0 Å². The van der Waals surface area contributed by atoms with E-state index in [1.54, 1.807) is 0 Å². The maximum atomic E-state index is 12.3. The Morgan fingerprint density at radius 2 is 1.67 bits per heavy atom. The Kier molecular flexibility index (Phi) is 3.75. The number of ketones is 1. The molecule has 1 aromatic heterocycles. The third-order valence-corrected chi connectivity index (χ3v) is 2.47. The van der Waals surface area contributed by atoms with Crippen molar-refractivity contribution in [3.63, 3.8) is 0 Å². The van der Waals surface area contributed by atoms with Crippen molar-refractivity contribution in [2.24, 2.45) is 13.0 Å². The lowest BCUT2D eigenvalue weighted by Crippen LogP contribution is -2.43. The van der Waals surface area contributed by atoms with Crippen molar-refractivity contribution >= 4 is 21.7 Å². The van der Waals surface area contributed by atoms with Gasteiger partial charge in [-0.1, -0.05) is 5.21 Å². The summed E-state index contributed by atoms with van der Waals surface area (Å²) in [6.45, 7) is 0. The molecule has 1 aromatic rings. The smallest absolute Gasteiger partial charge is 0.291 e. The molecule has 1 heterocycles. The van der Waals surface area contributed by atoms with E-state index < -0.39 is 34.4 Å². The first-order valence-corrected chi connectivity index (χ1v) is 4.98. The standard InChI is InChI=1S/C7H4BrF6N3O/c1-17-2(5(8)15-16-17)3(18)4(6(9,10)11)7(12,13)14/h4H,1H3. The number of rotatable bonds is 2. The number of halogens is 7. The molecule has 0 atom stereocenters. The summed E-state index contributed by atoms with van der Waals surface area (Å²) in [5.41, 5.74) is -0.894. The van der Waals surface area contributed by atoms with Gasteiger partial charge in [0.25, 0.3) is 0 Å². The van der Waals surface area contributed by atoms with Gasteiger partial charge in [0.05, 0.1) is 0 Å². The maximum Gasteiger partial charge on any atom is 0.407 e. The van der Waals surface area contributed by atoms with Gasteiger partial charge in [0, 0.05) is 7.05 Å². The maximum absolute atomic E-state index is 12.3. The number of nitrogens with zero attached hydrogens (tertiary/aromatic N) is 3. The third kappa shape index (κ3) is 2.82. The molecule has 18 heavy (non-hydrogen) atoms. The zero-order chi connectivity index (χ0) is 14.3. The lowest BCUT2D eigenvalue weighted by atomic mass is 10.0. The van der Waals surface area contributed by atoms with Crippen LogP contribution in [0.2, 0.25) is 0 Å². The zero-order valence-electron chi connectivity index (χ0n) is 8.47. The predicted molar refractivity (Wildman–Crippen MR) is 48.6 cm³/mol. The Bertz CT molecular complexity index is 431. The van der Waals surface area contributed by atoms with Crippen LogP contribution in [0.1, 0.15) is 10.5 Å². The average molecular weight is 340 g/mol. The van der Waals surface area contributed by atoms with Gasteiger partial charge in [0.1, 0.15) is 5.69 Å². The van der Waals surface area contributed by atoms with E-state index in [1.165, 1.54) is 0 Å². The number of Topliss-reactive ketones (excluding diaryl/α,β-unsaturated/α-hetero) is 1. The summed E-state index contributed by atoms with van der Waals surface area (Å²) in [5, 5.41) is 6.31. The van der Waals surface area contributed by atoms with Crippen molar-refractivity contribution in [2.75, 3.05) is 0 Å². The highest BCUT2D eigenvalue weighted by Crippen LogP contribution is 2.41. The molecule has 1 rings (SSSR count). The molecule has 0 aromatic carbocycles. The summed E-state index contributed by atoms with van der Waals surface area (Å²) in [6, 6.07) is 0. The Balaban J connectivity index is 3.29. The normalized spacial score (nSPS) is 13.2. The van der Waals surface area contributed by atoms with Crippen molar-refractivity contribution in [1.82, 2.24) is 15.0 Å². The summed E-state index contributed by atoms with van der Waals surface area (Å²) in [6.07, 6.45) is -11.5. The van der Waals surface area contributed by atoms with Gasteiger partial charge in [-0.3, -0.25) is 4.79 Å². The Labute approximate surface area is 104 Å². The molecule has 0 saturated carbocycles. The van der Waals surface area contributed by atoms with Crippen LogP contribution in [-0.2, 0) is 7.05 Å². The second-order valence-electron chi connectivity index (χ2n) is 3.23. The molecule has 0 fully saturated rings. The van der Waals surface area contributed by atoms with Crippen molar-refractivity contribution in [2.45, 2.75) is 12.4 Å². The van der Waals surface area contributed by atoms with E-state index in [4.69, 9.17) is 0 Å². The Morgan fingerprint density at radius 3 is 1.94 bits per heavy atom. The van der Waals surface area contributed by atoms with Crippen LogP contribution in [0.5, 0.6) is 0 Å². The van der Waals surface area contributed by atoms with Crippen LogP contribution in [0.15, 0.2) is 4.60 Å². The molecular formula is C7H4BrF6N3O. The van der Waals surface area contributed by atoms with E-state index in [2.05, 4.69) is 26.2 Å². The molecule has 4 nitrogen and oxygen atoms in total. The fourth-order valence-electron chi connectivity index (χ4n) is 1.21. The van der Waals surface area contributed by atoms with Crippen LogP contribution in [0.25, 0.3) is 0 Å². The zero-order valence-corrected chi connectivity index (χ0v) is 10.1. The summed E-state index contributed by atoms with van der Waals surface area (Å²) in [7, 11) is 1.01. The fourth-order valence-corrected chi connectivity index (χ4v) is 1.74. The lowest BCUT2D eigenvalue weighted by molar-refractivity contribution is -0.265. The summed E-state index contributed by atoms with van der Waals surface area (Å²) < 4.78 is 74.0. The molecule has 0 unspecified atom stereocenters. The summed E-state index contributed by atoms with van der Waals surface area (Å²) in [5.74, 6) is -6.26. The molecule has 11 heteroatoms. The van der Waals surface area contributed by atoms with Crippen LogP contribution >= 0.6 is 15.9 Å². The van der Waals surface area contributed by atoms with E-state index in [0.717, 1.165) is 7.05 Å². The van der Waals surface area contributed by atoms with Crippen molar-refractivity contribution in [3.05, 3.63) is 10.3 Å². The number of carbonyl (C=O) groups excluding carboxylic acids is 1. The van der Waals surface area contributed by atoms with Crippen molar-refractivity contribution in [1.29, 1.82) is 0 Å². The summed E-state index contributed by atoms with van der Waals surface area (Å²) in [4.78, 5) is 11.4. The third-order valence-electron chi connectivity index (χ3n) is 1.94. The van der Waals surface area contributed by atoms with Gasteiger partial charge in [-0.05, 0) is 15.9 Å². The molecule has 0 aliphatic heterocycles. The minimum Gasteiger partial charge on any atom is -0.291 e. The van der Waals surface area contributed by atoms with Gasteiger partial charge in [0.15, 0.2) is 4.60 Å². The molecule has 0 aliphatic carbocycles. The molecule has 0 aliphatic rings. The Hall–Kier alpha value is -1.13. The van der Waals surface area contributed by atoms with Gasteiger partial charge in [-0.2, -0.15) is 26.3 Å². The molecule has 0 N–H and O–H groups in total. The van der Waals surface area contributed by atoms with E-state index in [-0.39, 0.29) is 0 Å². The van der Waals surface area contributed by atoms with E-state index in [1.807, 2.05) is 0 Å². The highest BCUT2D eigenvalue weighted by Gasteiger charge is 2.61. The van der Waals surface area contributed by atoms with Crippen LogP contribution in [0.3, 0.4) is 0 Å². The number of carbonyl (C=O) groups is 1. The van der Waals surface area contributed by atoms with Crippen molar-refractivity contribution < 1.29 is 31.1 Å². The van der Waals surface area contributed by atoms with Crippen LogP contribution in [0, 0.1) is 5.92 Å². The molecule has 0 spiro atoms. The first-order valence-electron chi connectivity index (χ1n) is 4.19. The number of hydrogen-bond acceptors (Lipinski definition) is 3. The molecule has 0 bridgehead atoms. The molecule has 0 amide bonds. The van der Waals surface area contributed by atoms with Crippen LogP contribution in [0.4, 0.5) is 26.3 Å². The molecule has 102 valence electrons. The topological polar surface area (TPSA) is 47.8 Å². The molecule has 0 radical (unpaired) electrons. The average Bonchev–Trinajstić information content (AvgIpc) is 2.40. The lowest BCUT2D eigenvalue weighted by Gasteiger charge is -2.21. The monoisotopic (exact) mass is 339 g/mol. The first-order chi connectivity index (χ1) is 7.96. The predicted octanol–water partition coefficient (Wildman–Crippen LogP) is 2.50. The number of aromatic nitrogens is 3. The fraction of sp³-hybridized carbons (Fsp3) is 0.571. The molecule has 0 saturated heterocycles. The molecular weight excluding hydrogens is 336 g/mol. The second-order valence-corrected chi connectivity index (χ2v) is 3.98. The van der Waals surface area contributed by atoms with E-state index >= 15 is 0 Å². The number of alkyl halides is 6. The first kappa shape index (κ1) is 14.9. The van der Waals surface area contributed by atoms with Gasteiger partial charge < -0.3 is 0 Å². The van der Waals surface area contributed by atoms with Gasteiger partial charge in [-0.15, -0.1) is 5.10 Å². The summed E-state index contributed by atoms with van der Waals surface area (Å²) >= 11 is 2.57. The largest absolute Gasteiger partial charge is 0.407 e. The van der Waals surface area contributed by atoms with Gasteiger partial charge in [0.2, 0.25) is 11.7 Å². The van der Waals surface area contributed by atoms with E-state index in [0.29, 0.717) is 4.68 Å². The van der Waals surface area contributed by atoms with Crippen LogP contribution in [-0.4, -0.2) is 33.1 Å². The van der Waals surface area contributed by atoms with E-state index in [9.17, 15) is 31.1 Å². The SMILES string of the molecule is Cn1nnc(Br)c1C(=O)C(C(F)(F)F)C(F)(F)F. The van der Waals surface area contributed by atoms with Gasteiger partial charge in [-0.25, -0.2) is 4.68 Å². The highest BCUT2D eigenvalue weighted by molar-refractivity contribution is 9.10. The quantitative estimate of drug-likeness (QED) is 0.614. The Morgan fingerprint density at radius 1 is 1.22 bits per heavy atom. The highest BCUT2D eigenvalue weighted by atomic mass is 79.9. The minimum atomic E-state index is -5.74. The number of aryl methyl sites for hydroxylation is 1. The number of hydrogen-bond donors (Lipinski definition) is 0. The minimum absolute atomic E-state index is 0.478. The van der Waals surface area contributed by atoms with Gasteiger partial charge >= 0.3 is 12.4 Å². The second kappa shape index (κ2) is 4.52.